The van der Waals surface area contributed by atoms with Crippen LogP contribution in [0.2, 0.25) is 0 Å². The average molecular weight is 265 g/mol. The summed E-state index contributed by atoms with van der Waals surface area (Å²) in [6, 6.07) is 4.11. The number of nitrogen functional groups attached to an aromatic ring is 1. The van der Waals surface area contributed by atoms with Gasteiger partial charge in [0, 0.05) is 18.8 Å². The zero-order valence-corrected chi connectivity index (χ0v) is 11.1. The van der Waals surface area contributed by atoms with E-state index < -0.39 is 5.91 Å². The zero-order chi connectivity index (χ0) is 14.4. The molecule has 0 bridgehead atoms. The molecule has 1 aromatic rings. The first kappa shape index (κ1) is 14.8. The number of phenolic OH excluding ortho intramolecular Hbond substituents is 1. The molecule has 6 heteroatoms. The lowest BCUT2D eigenvalue weighted by molar-refractivity contribution is -0.129. The monoisotopic (exact) mass is 265 g/mol. The Morgan fingerprint density at radius 1 is 1.32 bits per heavy atom. The molecule has 0 aliphatic carbocycles. The van der Waals surface area contributed by atoms with Crippen LogP contribution < -0.4 is 11.1 Å². The molecule has 1 aromatic carbocycles. The number of carbonyl (C=O) groups excluding carboxylic acids is 2. The molecule has 0 aliphatic heterocycles. The molecular weight excluding hydrogens is 246 g/mol. The van der Waals surface area contributed by atoms with Crippen LogP contribution in [0.3, 0.4) is 0 Å². The number of carbonyl (C=O) groups is 2. The van der Waals surface area contributed by atoms with Crippen molar-refractivity contribution in [1.82, 2.24) is 10.2 Å². The minimum Gasteiger partial charge on any atom is -0.508 e. The van der Waals surface area contributed by atoms with E-state index >= 15 is 0 Å². The van der Waals surface area contributed by atoms with Crippen molar-refractivity contribution in [3.63, 3.8) is 0 Å². The molecule has 1 rings (SSSR count). The van der Waals surface area contributed by atoms with E-state index in [1.165, 1.54) is 18.2 Å². The number of rotatable bonds is 5. The van der Waals surface area contributed by atoms with Crippen LogP contribution in [-0.4, -0.2) is 41.5 Å². The Morgan fingerprint density at radius 2 is 1.95 bits per heavy atom. The lowest BCUT2D eigenvalue weighted by atomic mass is 10.1. The third kappa shape index (κ3) is 3.87. The van der Waals surface area contributed by atoms with Gasteiger partial charge in [-0.3, -0.25) is 9.59 Å². The molecule has 0 unspecified atom stereocenters. The fourth-order valence-electron chi connectivity index (χ4n) is 1.68. The van der Waals surface area contributed by atoms with Gasteiger partial charge in [0.05, 0.1) is 12.1 Å². The highest BCUT2D eigenvalue weighted by atomic mass is 16.3. The number of anilines is 1. The van der Waals surface area contributed by atoms with E-state index in [1.54, 1.807) is 4.90 Å². The van der Waals surface area contributed by atoms with Crippen LogP contribution in [0.25, 0.3) is 0 Å². The second-order valence-corrected chi connectivity index (χ2v) is 4.02. The van der Waals surface area contributed by atoms with Gasteiger partial charge < -0.3 is 21.1 Å². The van der Waals surface area contributed by atoms with Gasteiger partial charge in [-0.1, -0.05) is 0 Å². The second-order valence-electron chi connectivity index (χ2n) is 4.02. The lowest BCUT2D eigenvalue weighted by Crippen LogP contribution is -2.40. The Bertz CT molecular complexity index is 470. The Kier molecular flexibility index (Phi) is 5.17. The smallest absolute Gasteiger partial charge is 0.253 e. The minimum absolute atomic E-state index is 0.0468. The number of nitrogens with two attached hydrogens (primary N) is 1. The van der Waals surface area contributed by atoms with Gasteiger partial charge in [0.25, 0.3) is 5.91 Å². The molecule has 0 saturated heterocycles. The van der Waals surface area contributed by atoms with Crippen LogP contribution in [0.5, 0.6) is 5.75 Å². The fraction of sp³-hybridized carbons (Fsp3) is 0.385. The van der Waals surface area contributed by atoms with E-state index in [9.17, 15) is 14.7 Å². The number of nitrogens with one attached hydrogen (secondary N) is 1. The maximum atomic E-state index is 11.8. The fourth-order valence-corrected chi connectivity index (χ4v) is 1.68. The number of benzene rings is 1. The molecule has 0 aliphatic rings. The topological polar surface area (TPSA) is 95.7 Å². The molecule has 0 fully saturated rings. The predicted octanol–water partition coefficient (Wildman–Crippen LogP) is 0.573. The Hall–Kier alpha value is -2.24. The second kappa shape index (κ2) is 6.63. The van der Waals surface area contributed by atoms with Gasteiger partial charge in [0.2, 0.25) is 5.91 Å². The first-order valence-corrected chi connectivity index (χ1v) is 6.14. The van der Waals surface area contributed by atoms with Crippen LogP contribution in [0.4, 0.5) is 5.69 Å². The summed E-state index contributed by atoms with van der Waals surface area (Å²) in [6.45, 7) is 4.85. The van der Waals surface area contributed by atoms with Gasteiger partial charge in [-0.15, -0.1) is 0 Å². The van der Waals surface area contributed by atoms with Crippen LogP contribution in [0, 0.1) is 0 Å². The summed E-state index contributed by atoms with van der Waals surface area (Å²) >= 11 is 0. The number of phenols is 1. The molecule has 0 spiro atoms. The first-order chi connectivity index (χ1) is 8.99. The van der Waals surface area contributed by atoms with Gasteiger partial charge in [0.1, 0.15) is 5.75 Å². The maximum Gasteiger partial charge on any atom is 0.253 e. The maximum absolute atomic E-state index is 11.8. The number of hydrogen-bond donors (Lipinski definition) is 3. The Labute approximate surface area is 112 Å². The van der Waals surface area contributed by atoms with Crippen molar-refractivity contribution in [3.8, 4) is 5.75 Å². The molecule has 104 valence electrons. The highest BCUT2D eigenvalue weighted by molar-refractivity contribution is 6.01. The quantitative estimate of drug-likeness (QED) is 0.536. The summed E-state index contributed by atoms with van der Waals surface area (Å²) in [5.41, 5.74) is 6.06. The molecule has 19 heavy (non-hydrogen) atoms. The van der Waals surface area contributed by atoms with E-state index in [2.05, 4.69) is 5.32 Å². The molecule has 0 radical (unpaired) electrons. The summed E-state index contributed by atoms with van der Waals surface area (Å²) < 4.78 is 0. The van der Waals surface area contributed by atoms with E-state index in [1.807, 2.05) is 13.8 Å². The number of hydrogen-bond acceptors (Lipinski definition) is 4. The number of nitrogens with zero attached hydrogens (tertiary/aromatic N) is 1. The molecular formula is C13H19N3O3. The predicted molar refractivity (Wildman–Crippen MR) is 72.8 cm³/mol. The molecule has 0 saturated carbocycles. The lowest BCUT2D eigenvalue weighted by Gasteiger charge is -2.18. The van der Waals surface area contributed by atoms with Crippen molar-refractivity contribution < 1.29 is 14.7 Å². The van der Waals surface area contributed by atoms with Crippen molar-refractivity contribution in [1.29, 1.82) is 0 Å². The standard InChI is InChI=1S/C13H19N3O3/c1-3-16(4-2)12(18)8-15-13(19)10-7-9(17)5-6-11(10)14/h5-7,17H,3-4,8,14H2,1-2H3,(H,15,19). The van der Waals surface area contributed by atoms with Crippen LogP contribution >= 0.6 is 0 Å². The van der Waals surface area contributed by atoms with Gasteiger partial charge >= 0.3 is 0 Å². The third-order valence-electron chi connectivity index (χ3n) is 2.80. The highest BCUT2D eigenvalue weighted by Gasteiger charge is 2.14. The van der Waals surface area contributed by atoms with E-state index in [0.29, 0.717) is 13.1 Å². The Balaban J connectivity index is 2.65. The van der Waals surface area contributed by atoms with Crippen molar-refractivity contribution >= 4 is 17.5 Å². The van der Waals surface area contributed by atoms with Gasteiger partial charge in [-0.25, -0.2) is 0 Å². The van der Waals surface area contributed by atoms with Crippen molar-refractivity contribution in [2.45, 2.75) is 13.8 Å². The van der Waals surface area contributed by atoms with Crippen LogP contribution in [-0.2, 0) is 4.79 Å². The number of amides is 2. The summed E-state index contributed by atoms with van der Waals surface area (Å²) in [4.78, 5) is 25.2. The summed E-state index contributed by atoms with van der Waals surface area (Å²) in [5.74, 6) is -0.680. The molecule has 0 atom stereocenters. The summed E-state index contributed by atoms with van der Waals surface area (Å²) in [7, 11) is 0. The zero-order valence-electron chi connectivity index (χ0n) is 11.1. The number of aromatic hydroxyl groups is 1. The number of likely N-dealkylation sites (N-methyl/N-ethyl adjacent to an activating group) is 1. The first-order valence-electron chi connectivity index (χ1n) is 6.14. The van der Waals surface area contributed by atoms with E-state index in [4.69, 9.17) is 5.73 Å². The van der Waals surface area contributed by atoms with Crippen molar-refractivity contribution in [2.75, 3.05) is 25.4 Å². The molecule has 4 N–H and O–H groups in total. The van der Waals surface area contributed by atoms with Crippen molar-refractivity contribution in [3.05, 3.63) is 23.8 Å². The third-order valence-corrected chi connectivity index (χ3v) is 2.80. The highest BCUT2D eigenvalue weighted by Crippen LogP contribution is 2.18. The van der Waals surface area contributed by atoms with Gasteiger partial charge in [0.15, 0.2) is 0 Å². The normalized spacial score (nSPS) is 10.0. The Morgan fingerprint density at radius 3 is 2.53 bits per heavy atom. The molecule has 0 heterocycles. The largest absolute Gasteiger partial charge is 0.508 e. The average Bonchev–Trinajstić information content (AvgIpc) is 2.40. The summed E-state index contributed by atoms with van der Waals surface area (Å²) in [6.07, 6.45) is 0. The minimum atomic E-state index is -0.478. The van der Waals surface area contributed by atoms with Gasteiger partial charge in [-0.2, -0.15) is 0 Å². The van der Waals surface area contributed by atoms with Crippen LogP contribution in [0.1, 0.15) is 24.2 Å². The van der Waals surface area contributed by atoms with E-state index in [0.717, 1.165) is 0 Å². The van der Waals surface area contributed by atoms with Crippen LogP contribution in [0.15, 0.2) is 18.2 Å². The van der Waals surface area contributed by atoms with Gasteiger partial charge in [-0.05, 0) is 32.0 Å². The molecule has 2 amide bonds. The van der Waals surface area contributed by atoms with E-state index in [-0.39, 0.29) is 29.5 Å². The summed E-state index contributed by atoms with van der Waals surface area (Å²) in [5, 5.41) is 11.8. The SMILES string of the molecule is CCN(CC)C(=O)CNC(=O)c1cc(O)ccc1N. The molecule has 6 nitrogen and oxygen atoms in total. The van der Waals surface area contributed by atoms with Crippen molar-refractivity contribution in [2.24, 2.45) is 0 Å². The molecule has 0 aromatic heterocycles.